The standard InChI is InChI=1S/C22H46OSi2/c1-7-9-11-13-15-17-19-21-25(6,23-24(3,4)5)22-20-18-16-14-12-10-8-2/h7-8H,1-2,9-22H2,3-6H3. The first-order valence-electron chi connectivity index (χ1n) is 10.7. The zero-order valence-corrected chi connectivity index (χ0v) is 19.9. The van der Waals surface area contributed by atoms with Gasteiger partial charge in [0.25, 0.3) is 0 Å². The fourth-order valence-corrected chi connectivity index (χ4v) is 12.6. The Kier molecular flexibility index (Phi) is 14.9. The molecule has 0 N–H and O–H groups in total. The van der Waals surface area contributed by atoms with Gasteiger partial charge in [-0.3, -0.25) is 0 Å². The van der Waals surface area contributed by atoms with Gasteiger partial charge >= 0.3 is 0 Å². The van der Waals surface area contributed by atoms with Crippen molar-refractivity contribution < 1.29 is 4.12 Å². The normalized spacial score (nSPS) is 12.3. The van der Waals surface area contributed by atoms with Crippen molar-refractivity contribution in [3.8, 4) is 0 Å². The van der Waals surface area contributed by atoms with Crippen molar-refractivity contribution in [1.82, 2.24) is 0 Å². The van der Waals surface area contributed by atoms with Gasteiger partial charge in [0.2, 0.25) is 0 Å². The Labute approximate surface area is 161 Å². The largest absolute Gasteiger partial charge is 0.456 e. The minimum Gasteiger partial charge on any atom is -0.456 e. The van der Waals surface area contributed by atoms with Crippen LogP contribution in [0.5, 0.6) is 0 Å². The van der Waals surface area contributed by atoms with E-state index in [4.69, 9.17) is 4.12 Å². The van der Waals surface area contributed by atoms with Gasteiger partial charge in [0, 0.05) is 0 Å². The summed E-state index contributed by atoms with van der Waals surface area (Å²) in [6.45, 7) is 17.2. The molecule has 0 bridgehead atoms. The molecule has 0 amide bonds. The summed E-state index contributed by atoms with van der Waals surface area (Å²) in [6, 6.07) is 2.74. The summed E-state index contributed by atoms with van der Waals surface area (Å²) in [4.78, 5) is 0. The van der Waals surface area contributed by atoms with E-state index in [9.17, 15) is 0 Å². The van der Waals surface area contributed by atoms with Gasteiger partial charge < -0.3 is 4.12 Å². The molecule has 0 unspecified atom stereocenters. The molecule has 0 heterocycles. The first-order chi connectivity index (χ1) is 11.8. The number of rotatable bonds is 18. The molecule has 0 rings (SSSR count). The average Bonchev–Trinajstić information content (AvgIpc) is 2.51. The maximum Gasteiger partial charge on any atom is 0.176 e. The molecule has 148 valence electrons. The molecule has 0 aromatic carbocycles. The molecule has 0 aliphatic carbocycles. The molecule has 3 heteroatoms. The van der Waals surface area contributed by atoms with Gasteiger partial charge in [0.05, 0.1) is 0 Å². The minimum absolute atomic E-state index is 1.18. The van der Waals surface area contributed by atoms with Crippen molar-refractivity contribution in [3.63, 3.8) is 0 Å². The van der Waals surface area contributed by atoms with E-state index in [-0.39, 0.29) is 0 Å². The smallest absolute Gasteiger partial charge is 0.176 e. The van der Waals surface area contributed by atoms with Crippen LogP contribution in [0, 0.1) is 0 Å². The SMILES string of the molecule is C=CCCCCCCC[Si](C)(CCCCCCCC=C)O[Si](C)(C)C. The van der Waals surface area contributed by atoms with E-state index in [0.717, 1.165) is 0 Å². The highest BCUT2D eigenvalue weighted by Gasteiger charge is 2.33. The molecule has 0 aliphatic heterocycles. The molecule has 0 aromatic rings. The van der Waals surface area contributed by atoms with E-state index >= 15 is 0 Å². The predicted molar refractivity (Wildman–Crippen MR) is 121 cm³/mol. The summed E-state index contributed by atoms with van der Waals surface area (Å²) in [5.41, 5.74) is 0. The summed E-state index contributed by atoms with van der Waals surface area (Å²) in [7, 11) is -2.93. The Hall–Kier alpha value is -0.126. The monoisotopic (exact) mass is 382 g/mol. The quantitative estimate of drug-likeness (QED) is 0.131. The molecule has 0 spiro atoms. The molecular formula is C22H46OSi2. The molecule has 0 aliphatic rings. The summed E-state index contributed by atoms with van der Waals surface area (Å²) in [5, 5.41) is 0. The van der Waals surface area contributed by atoms with Crippen LogP contribution < -0.4 is 0 Å². The van der Waals surface area contributed by atoms with Gasteiger partial charge in [0.1, 0.15) is 0 Å². The van der Waals surface area contributed by atoms with E-state index < -0.39 is 16.6 Å². The second-order valence-corrected chi connectivity index (χ2v) is 17.8. The third kappa shape index (κ3) is 17.1. The van der Waals surface area contributed by atoms with Gasteiger partial charge in [-0.2, -0.15) is 0 Å². The molecule has 0 fully saturated rings. The van der Waals surface area contributed by atoms with Crippen molar-refractivity contribution in [3.05, 3.63) is 25.3 Å². The lowest BCUT2D eigenvalue weighted by Crippen LogP contribution is -2.44. The second-order valence-electron chi connectivity index (χ2n) is 8.85. The van der Waals surface area contributed by atoms with Crippen LogP contribution in [0.2, 0.25) is 38.3 Å². The Morgan fingerprint density at radius 2 is 0.960 bits per heavy atom. The van der Waals surface area contributed by atoms with E-state index in [1.165, 1.54) is 89.1 Å². The maximum atomic E-state index is 6.77. The van der Waals surface area contributed by atoms with Crippen molar-refractivity contribution in [1.29, 1.82) is 0 Å². The number of hydrogen-bond donors (Lipinski definition) is 0. The molecule has 0 aromatic heterocycles. The first-order valence-corrected chi connectivity index (χ1v) is 17.0. The fourth-order valence-electron chi connectivity index (χ4n) is 3.60. The zero-order valence-electron chi connectivity index (χ0n) is 17.9. The average molecular weight is 383 g/mol. The molecule has 0 radical (unpaired) electrons. The molecule has 1 nitrogen and oxygen atoms in total. The number of allylic oxidation sites excluding steroid dienone is 2. The van der Waals surface area contributed by atoms with E-state index in [0.29, 0.717) is 0 Å². The summed E-state index contributed by atoms with van der Waals surface area (Å²) in [5.74, 6) is 0. The third-order valence-electron chi connectivity index (χ3n) is 4.78. The van der Waals surface area contributed by atoms with Crippen LogP contribution in [-0.4, -0.2) is 16.6 Å². The van der Waals surface area contributed by atoms with Crippen LogP contribution in [0.4, 0.5) is 0 Å². The van der Waals surface area contributed by atoms with Crippen molar-refractivity contribution in [2.45, 2.75) is 115 Å². The lowest BCUT2D eigenvalue weighted by Gasteiger charge is -2.35. The topological polar surface area (TPSA) is 9.23 Å². The van der Waals surface area contributed by atoms with Crippen LogP contribution in [0.3, 0.4) is 0 Å². The highest BCUT2D eigenvalue weighted by atomic mass is 28.4. The molecule has 0 saturated carbocycles. The number of unbranched alkanes of at least 4 members (excludes halogenated alkanes) is 10. The van der Waals surface area contributed by atoms with Gasteiger partial charge in [-0.05, 0) is 64.0 Å². The van der Waals surface area contributed by atoms with Crippen molar-refractivity contribution in [2.24, 2.45) is 0 Å². The highest BCUT2D eigenvalue weighted by molar-refractivity contribution is 6.84. The fraction of sp³-hybridized carbons (Fsp3) is 0.818. The zero-order chi connectivity index (χ0) is 19.0. The summed E-state index contributed by atoms with van der Waals surface area (Å²) in [6.07, 6.45) is 20.1. The van der Waals surface area contributed by atoms with Gasteiger partial charge in [-0.1, -0.05) is 63.5 Å². The van der Waals surface area contributed by atoms with Gasteiger partial charge in [-0.15, -0.1) is 13.2 Å². The lowest BCUT2D eigenvalue weighted by atomic mass is 10.1. The second kappa shape index (κ2) is 15.0. The summed E-state index contributed by atoms with van der Waals surface area (Å²) >= 11 is 0. The van der Waals surface area contributed by atoms with Gasteiger partial charge in [-0.25, -0.2) is 0 Å². The molecular weight excluding hydrogens is 336 g/mol. The maximum absolute atomic E-state index is 6.77. The van der Waals surface area contributed by atoms with Crippen molar-refractivity contribution >= 4 is 16.6 Å². The lowest BCUT2D eigenvalue weighted by molar-refractivity contribution is 0.517. The Bertz CT molecular complexity index is 311. The Morgan fingerprint density at radius 3 is 1.32 bits per heavy atom. The highest BCUT2D eigenvalue weighted by Crippen LogP contribution is 2.28. The molecule has 0 saturated heterocycles. The third-order valence-corrected chi connectivity index (χ3v) is 12.0. The summed E-state index contributed by atoms with van der Waals surface area (Å²) < 4.78 is 6.77. The van der Waals surface area contributed by atoms with E-state index in [1.54, 1.807) is 0 Å². The predicted octanol–water partition coefficient (Wildman–Crippen LogP) is 8.47. The van der Waals surface area contributed by atoms with E-state index in [1.807, 2.05) is 12.2 Å². The minimum atomic E-state index is -1.51. The Balaban J connectivity index is 4.07. The van der Waals surface area contributed by atoms with Crippen LogP contribution >= 0.6 is 0 Å². The van der Waals surface area contributed by atoms with Crippen LogP contribution in [-0.2, 0) is 4.12 Å². The van der Waals surface area contributed by atoms with Crippen LogP contribution in [0.1, 0.15) is 77.0 Å². The first kappa shape index (κ1) is 24.9. The van der Waals surface area contributed by atoms with E-state index in [2.05, 4.69) is 39.3 Å². The van der Waals surface area contributed by atoms with Gasteiger partial charge in [0.15, 0.2) is 16.6 Å². The van der Waals surface area contributed by atoms with Crippen LogP contribution in [0.25, 0.3) is 0 Å². The number of hydrogen-bond acceptors (Lipinski definition) is 1. The Morgan fingerprint density at radius 1 is 0.600 bits per heavy atom. The molecule has 0 atom stereocenters. The molecule has 25 heavy (non-hydrogen) atoms. The van der Waals surface area contributed by atoms with Crippen molar-refractivity contribution in [2.75, 3.05) is 0 Å². The van der Waals surface area contributed by atoms with Crippen LogP contribution in [0.15, 0.2) is 25.3 Å².